The van der Waals surface area contributed by atoms with Gasteiger partial charge in [-0.3, -0.25) is 0 Å². The second-order valence-corrected chi connectivity index (χ2v) is 7.67. The van der Waals surface area contributed by atoms with E-state index >= 15 is 0 Å². The molecule has 2 heteroatoms. The summed E-state index contributed by atoms with van der Waals surface area (Å²) in [7, 11) is 2.26. The first kappa shape index (κ1) is 15.9. The van der Waals surface area contributed by atoms with Crippen LogP contribution in [0.4, 0.5) is 5.69 Å². The van der Waals surface area contributed by atoms with Crippen molar-refractivity contribution in [1.82, 2.24) is 4.90 Å². The summed E-state index contributed by atoms with van der Waals surface area (Å²) in [5.74, 6) is 1.76. The zero-order chi connectivity index (χ0) is 15.4. The Kier molecular flexibility index (Phi) is 5.41. The van der Waals surface area contributed by atoms with Gasteiger partial charge in [-0.1, -0.05) is 38.0 Å². The molecule has 3 rings (SSSR count). The molecule has 1 aliphatic heterocycles. The number of likely N-dealkylation sites (tertiary alicyclic amines) is 1. The lowest BCUT2D eigenvalue weighted by Gasteiger charge is -2.35. The Bertz CT molecular complexity index is 444. The largest absolute Gasteiger partial charge is 0.368 e. The Hall–Kier alpha value is -1.02. The first-order chi connectivity index (χ1) is 10.7. The first-order valence-electron chi connectivity index (χ1n) is 9.22. The number of hydrogen-bond acceptors (Lipinski definition) is 2. The molecule has 1 heterocycles. The molecule has 0 radical (unpaired) electrons. The summed E-state index contributed by atoms with van der Waals surface area (Å²) in [6.07, 6.45) is 8.34. The monoisotopic (exact) mass is 300 g/mol. The minimum absolute atomic E-state index is 0.748. The van der Waals surface area contributed by atoms with E-state index in [9.17, 15) is 0 Å². The van der Waals surface area contributed by atoms with E-state index in [1.807, 2.05) is 0 Å². The minimum Gasteiger partial charge on any atom is -0.368 e. The third-order valence-corrected chi connectivity index (χ3v) is 5.70. The van der Waals surface area contributed by atoms with Crippen LogP contribution in [0.2, 0.25) is 0 Å². The van der Waals surface area contributed by atoms with E-state index in [0.717, 1.165) is 17.9 Å². The predicted octanol–water partition coefficient (Wildman–Crippen LogP) is 4.41. The number of benzene rings is 1. The van der Waals surface area contributed by atoms with E-state index in [2.05, 4.69) is 54.1 Å². The molecule has 0 N–H and O–H groups in total. The van der Waals surface area contributed by atoms with E-state index in [1.54, 1.807) is 0 Å². The van der Waals surface area contributed by atoms with Crippen LogP contribution in [0.1, 0.15) is 45.4 Å². The highest BCUT2D eigenvalue weighted by Gasteiger charge is 2.27. The van der Waals surface area contributed by atoms with Crippen molar-refractivity contribution in [2.24, 2.45) is 11.8 Å². The van der Waals surface area contributed by atoms with Gasteiger partial charge in [-0.15, -0.1) is 0 Å². The molecule has 0 amide bonds. The minimum atomic E-state index is 0.748. The molecule has 3 atom stereocenters. The normalized spacial score (nSPS) is 30.2. The molecule has 0 bridgehead atoms. The van der Waals surface area contributed by atoms with Crippen LogP contribution in [0, 0.1) is 11.8 Å². The highest BCUT2D eigenvalue weighted by atomic mass is 15.2. The molecule has 2 fully saturated rings. The quantitative estimate of drug-likeness (QED) is 0.760. The zero-order valence-corrected chi connectivity index (χ0v) is 14.4. The molecule has 2 aliphatic rings. The fraction of sp³-hybridized carbons (Fsp3) is 0.700. The molecule has 1 aromatic carbocycles. The molecule has 1 saturated heterocycles. The van der Waals surface area contributed by atoms with E-state index in [1.165, 1.54) is 63.8 Å². The third kappa shape index (κ3) is 4.04. The van der Waals surface area contributed by atoms with Crippen molar-refractivity contribution < 1.29 is 0 Å². The molecule has 0 aromatic heterocycles. The lowest BCUT2D eigenvalue weighted by atomic mass is 10.0. The summed E-state index contributed by atoms with van der Waals surface area (Å²) in [5.41, 5.74) is 1.44. The Labute approximate surface area is 136 Å². The maximum Gasteiger partial charge on any atom is 0.0368 e. The van der Waals surface area contributed by atoms with Crippen LogP contribution in [-0.2, 0) is 0 Å². The van der Waals surface area contributed by atoms with Gasteiger partial charge in [0.15, 0.2) is 0 Å². The van der Waals surface area contributed by atoms with Gasteiger partial charge in [-0.2, -0.15) is 0 Å². The molecular formula is C20H32N2. The van der Waals surface area contributed by atoms with Gasteiger partial charge < -0.3 is 9.80 Å². The average Bonchev–Trinajstić information content (AvgIpc) is 2.82. The molecule has 3 unspecified atom stereocenters. The van der Waals surface area contributed by atoms with Crippen molar-refractivity contribution >= 4 is 5.69 Å². The van der Waals surface area contributed by atoms with Gasteiger partial charge in [0.25, 0.3) is 0 Å². The van der Waals surface area contributed by atoms with Gasteiger partial charge in [-0.25, -0.2) is 0 Å². The van der Waals surface area contributed by atoms with Gasteiger partial charge in [0, 0.05) is 24.8 Å². The average molecular weight is 300 g/mol. The van der Waals surface area contributed by atoms with E-state index < -0.39 is 0 Å². The molecule has 0 spiro atoms. The van der Waals surface area contributed by atoms with Gasteiger partial charge >= 0.3 is 0 Å². The number of anilines is 1. The van der Waals surface area contributed by atoms with Crippen LogP contribution in [0.25, 0.3) is 0 Å². The number of para-hydroxylation sites is 1. The van der Waals surface area contributed by atoms with E-state index in [4.69, 9.17) is 0 Å². The molecule has 1 aromatic rings. The van der Waals surface area contributed by atoms with Gasteiger partial charge in [0.05, 0.1) is 0 Å². The van der Waals surface area contributed by atoms with Crippen LogP contribution in [0.15, 0.2) is 30.3 Å². The van der Waals surface area contributed by atoms with E-state index in [0.29, 0.717) is 0 Å². The standard InChI is InChI=1S/C20H32N2/c1-17-7-6-10-20(12-11-17)22(19-8-4-3-5-9-19)16-18-13-14-21(2)15-18/h3-5,8-9,17-18,20H,6-7,10-16H2,1-2H3. The van der Waals surface area contributed by atoms with Gasteiger partial charge in [0.1, 0.15) is 0 Å². The van der Waals surface area contributed by atoms with Crippen LogP contribution < -0.4 is 4.90 Å². The number of hydrogen-bond donors (Lipinski definition) is 0. The van der Waals surface area contributed by atoms with E-state index in [-0.39, 0.29) is 0 Å². The highest BCUT2D eigenvalue weighted by molar-refractivity contribution is 5.47. The van der Waals surface area contributed by atoms with Crippen molar-refractivity contribution in [2.45, 2.75) is 51.5 Å². The lowest BCUT2D eigenvalue weighted by Crippen LogP contribution is -2.39. The van der Waals surface area contributed by atoms with Gasteiger partial charge in [-0.05, 0) is 63.2 Å². The summed E-state index contributed by atoms with van der Waals surface area (Å²) in [6, 6.07) is 11.9. The Morgan fingerprint density at radius 3 is 2.59 bits per heavy atom. The van der Waals surface area contributed by atoms with Crippen LogP contribution in [-0.4, -0.2) is 37.6 Å². The fourth-order valence-corrected chi connectivity index (χ4v) is 4.32. The molecule has 22 heavy (non-hydrogen) atoms. The van der Waals surface area contributed by atoms with Crippen LogP contribution in [0.3, 0.4) is 0 Å². The second-order valence-electron chi connectivity index (χ2n) is 7.67. The van der Waals surface area contributed by atoms with Crippen molar-refractivity contribution in [3.05, 3.63) is 30.3 Å². The van der Waals surface area contributed by atoms with Crippen molar-refractivity contribution in [2.75, 3.05) is 31.6 Å². The maximum absolute atomic E-state index is 2.75. The van der Waals surface area contributed by atoms with Crippen LogP contribution >= 0.6 is 0 Å². The second kappa shape index (κ2) is 7.50. The Morgan fingerprint density at radius 2 is 1.86 bits per heavy atom. The molecule has 1 saturated carbocycles. The lowest BCUT2D eigenvalue weighted by molar-refractivity contribution is 0.387. The maximum atomic E-state index is 2.75. The van der Waals surface area contributed by atoms with Crippen LogP contribution in [0.5, 0.6) is 0 Å². The first-order valence-corrected chi connectivity index (χ1v) is 9.22. The molecule has 122 valence electrons. The van der Waals surface area contributed by atoms with Crippen molar-refractivity contribution in [3.63, 3.8) is 0 Å². The van der Waals surface area contributed by atoms with Crippen molar-refractivity contribution in [3.8, 4) is 0 Å². The smallest absolute Gasteiger partial charge is 0.0368 e. The Balaban J connectivity index is 1.73. The number of nitrogens with zero attached hydrogens (tertiary/aromatic N) is 2. The SMILES string of the molecule is CC1CCCC(N(CC2CCN(C)C2)c2ccccc2)CC1. The summed E-state index contributed by atoms with van der Waals surface area (Å²) >= 11 is 0. The zero-order valence-electron chi connectivity index (χ0n) is 14.4. The fourth-order valence-electron chi connectivity index (χ4n) is 4.32. The predicted molar refractivity (Wildman–Crippen MR) is 95.4 cm³/mol. The summed E-state index contributed by atoms with van der Waals surface area (Å²) < 4.78 is 0. The molecule has 1 aliphatic carbocycles. The highest BCUT2D eigenvalue weighted by Crippen LogP contribution is 2.30. The number of rotatable bonds is 4. The van der Waals surface area contributed by atoms with Crippen molar-refractivity contribution in [1.29, 1.82) is 0 Å². The molecule has 2 nitrogen and oxygen atoms in total. The molecular weight excluding hydrogens is 268 g/mol. The summed E-state index contributed by atoms with van der Waals surface area (Å²) in [6.45, 7) is 6.22. The summed E-state index contributed by atoms with van der Waals surface area (Å²) in [5, 5.41) is 0. The Morgan fingerprint density at radius 1 is 1.05 bits per heavy atom. The summed E-state index contributed by atoms with van der Waals surface area (Å²) in [4.78, 5) is 5.24. The topological polar surface area (TPSA) is 6.48 Å². The van der Waals surface area contributed by atoms with Gasteiger partial charge in [0.2, 0.25) is 0 Å². The third-order valence-electron chi connectivity index (χ3n) is 5.70.